The van der Waals surface area contributed by atoms with Crippen molar-refractivity contribution < 1.29 is 9.59 Å². The number of aromatic nitrogens is 1. The summed E-state index contributed by atoms with van der Waals surface area (Å²) in [6.45, 7) is 4.26. The van der Waals surface area contributed by atoms with E-state index in [1.807, 2.05) is 23.1 Å². The van der Waals surface area contributed by atoms with Crippen LogP contribution in [0.5, 0.6) is 0 Å². The number of carbonyl (C=O) groups excluding carboxylic acids is 2. The monoisotopic (exact) mass is 386 g/mol. The molecule has 1 aromatic heterocycles. The summed E-state index contributed by atoms with van der Waals surface area (Å²) < 4.78 is 0. The summed E-state index contributed by atoms with van der Waals surface area (Å²) in [5.74, 6) is -0.107. The molecule has 3 rings (SSSR count). The highest BCUT2D eigenvalue weighted by atomic mass is 35.5. The van der Waals surface area contributed by atoms with E-state index in [9.17, 15) is 9.59 Å². The second-order valence-electron chi connectivity index (χ2n) is 6.53. The van der Waals surface area contributed by atoms with Gasteiger partial charge in [0.15, 0.2) is 0 Å². The summed E-state index contributed by atoms with van der Waals surface area (Å²) in [6, 6.07) is 11.2. The van der Waals surface area contributed by atoms with Crippen molar-refractivity contribution in [3.05, 3.63) is 64.9 Å². The van der Waals surface area contributed by atoms with Crippen LogP contribution in [0.4, 0.5) is 0 Å². The normalized spacial score (nSPS) is 14.8. The molecular weight excluding hydrogens is 364 g/mol. The molecule has 1 N–H and O–H groups in total. The van der Waals surface area contributed by atoms with Gasteiger partial charge in [-0.1, -0.05) is 23.7 Å². The number of hydrogen-bond donors (Lipinski definition) is 1. The number of pyridine rings is 1. The Balaban J connectivity index is 1.37. The number of halogens is 1. The summed E-state index contributed by atoms with van der Waals surface area (Å²) in [5, 5.41) is 3.52. The smallest absolute Gasteiger partial charge is 0.251 e. The molecule has 1 aromatic carbocycles. The van der Waals surface area contributed by atoms with E-state index in [0.717, 1.165) is 24.7 Å². The molecule has 1 fully saturated rings. The highest BCUT2D eigenvalue weighted by Gasteiger charge is 2.21. The maximum Gasteiger partial charge on any atom is 0.251 e. The lowest BCUT2D eigenvalue weighted by atomic mass is 10.2. The Bertz CT molecular complexity index is 777. The highest BCUT2D eigenvalue weighted by Crippen LogP contribution is 2.14. The Labute approximate surface area is 164 Å². The van der Waals surface area contributed by atoms with E-state index in [-0.39, 0.29) is 11.8 Å². The molecule has 0 spiro atoms. The lowest BCUT2D eigenvalue weighted by Gasteiger charge is -2.34. The third-order valence-corrected chi connectivity index (χ3v) is 4.82. The van der Waals surface area contributed by atoms with Crippen LogP contribution in [-0.2, 0) is 11.3 Å². The molecule has 2 amide bonds. The predicted octanol–water partition coefficient (Wildman–Crippen LogP) is 2.20. The van der Waals surface area contributed by atoms with E-state index in [1.54, 1.807) is 24.5 Å². The van der Waals surface area contributed by atoms with Crippen LogP contribution in [0.2, 0.25) is 5.02 Å². The van der Waals surface area contributed by atoms with E-state index in [1.165, 1.54) is 5.56 Å². The van der Waals surface area contributed by atoms with Crippen molar-refractivity contribution in [1.29, 1.82) is 0 Å². The molecule has 0 aliphatic carbocycles. The van der Waals surface area contributed by atoms with Crippen molar-refractivity contribution in [1.82, 2.24) is 20.1 Å². The molecule has 1 saturated heterocycles. The number of carbonyl (C=O) groups is 2. The summed E-state index contributed by atoms with van der Waals surface area (Å²) in [5.41, 5.74) is 1.73. The van der Waals surface area contributed by atoms with Gasteiger partial charge in [-0.3, -0.25) is 19.5 Å². The quantitative estimate of drug-likeness (QED) is 0.826. The van der Waals surface area contributed by atoms with Gasteiger partial charge in [-0.15, -0.1) is 0 Å². The number of nitrogens with zero attached hydrogens (tertiary/aromatic N) is 3. The number of nitrogens with one attached hydrogen (secondary N) is 1. The van der Waals surface area contributed by atoms with Gasteiger partial charge in [0, 0.05) is 68.7 Å². The SMILES string of the molecule is O=C(NCCC(=O)N1CCN(Cc2cccc(Cl)c2)CC1)c1ccncc1. The zero-order valence-electron chi connectivity index (χ0n) is 15.1. The number of hydrogen-bond acceptors (Lipinski definition) is 4. The third-order valence-electron chi connectivity index (χ3n) is 4.59. The van der Waals surface area contributed by atoms with Crippen LogP contribution in [0.3, 0.4) is 0 Å². The molecule has 6 nitrogen and oxygen atoms in total. The lowest BCUT2D eigenvalue weighted by Crippen LogP contribution is -2.48. The first kappa shape index (κ1) is 19.3. The van der Waals surface area contributed by atoms with Gasteiger partial charge < -0.3 is 10.2 Å². The largest absolute Gasteiger partial charge is 0.352 e. The first-order valence-corrected chi connectivity index (χ1v) is 9.42. The summed E-state index contributed by atoms with van der Waals surface area (Å²) in [6.07, 6.45) is 3.46. The van der Waals surface area contributed by atoms with Crippen LogP contribution in [0.1, 0.15) is 22.3 Å². The lowest BCUT2D eigenvalue weighted by molar-refractivity contribution is -0.132. The van der Waals surface area contributed by atoms with Gasteiger partial charge in [0.1, 0.15) is 0 Å². The first-order chi connectivity index (χ1) is 13.1. The van der Waals surface area contributed by atoms with Crippen molar-refractivity contribution in [2.45, 2.75) is 13.0 Å². The number of benzene rings is 1. The van der Waals surface area contributed by atoms with Crippen LogP contribution in [-0.4, -0.2) is 59.3 Å². The molecule has 0 atom stereocenters. The minimum atomic E-state index is -0.184. The third kappa shape index (κ3) is 5.77. The van der Waals surface area contributed by atoms with Gasteiger partial charge in [-0.2, -0.15) is 0 Å². The molecule has 0 unspecified atom stereocenters. The fraction of sp³-hybridized carbons (Fsp3) is 0.350. The van der Waals surface area contributed by atoms with Crippen LogP contribution in [0.25, 0.3) is 0 Å². The van der Waals surface area contributed by atoms with E-state index in [4.69, 9.17) is 11.6 Å². The molecule has 0 bridgehead atoms. The molecule has 7 heteroatoms. The summed E-state index contributed by atoms with van der Waals surface area (Å²) in [4.78, 5) is 32.4. The van der Waals surface area contributed by atoms with Gasteiger partial charge in [-0.05, 0) is 29.8 Å². The van der Waals surface area contributed by atoms with Crippen LogP contribution >= 0.6 is 11.6 Å². The fourth-order valence-electron chi connectivity index (χ4n) is 3.10. The Morgan fingerprint density at radius 1 is 1.07 bits per heavy atom. The second-order valence-corrected chi connectivity index (χ2v) is 6.97. The van der Waals surface area contributed by atoms with Crippen molar-refractivity contribution in [2.24, 2.45) is 0 Å². The predicted molar refractivity (Wildman–Crippen MR) is 104 cm³/mol. The Morgan fingerprint density at radius 3 is 2.52 bits per heavy atom. The van der Waals surface area contributed by atoms with Crippen molar-refractivity contribution in [2.75, 3.05) is 32.7 Å². The average molecular weight is 387 g/mol. The minimum Gasteiger partial charge on any atom is -0.352 e. The van der Waals surface area contributed by atoms with Crippen LogP contribution < -0.4 is 5.32 Å². The maximum absolute atomic E-state index is 12.4. The molecular formula is C20H23ClN4O2. The van der Waals surface area contributed by atoms with E-state index < -0.39 is 0 Å². The van der Waals surface area contributed by atoms with Gasteiger partial charge >= 0.3 is 0 Å². The molecule has 142 valence electrons. The second kappa shape index (κ2) is 9.48. The zero-order chi connectivity index (χ0) is 19.1. The van der Waals surface area contributed by atoms with Crippen molar-refractivity contribution in [3.63, 3.8) is 0 Å². The minimum absolute atomic E-state index is 0.0763. The molecule has 0 saturated carbocycles. The molecule has 1 aliphatic heterocycles. The summed E-state index contributed by atoms with van der Waals surface area (Å²) >= 11 is 6.03. The van der Waals surface area contributed by atoms with Crippen LogP contribution in [0, 0.1) is 0 Å². The van der Waals surface area contributed by atoms with E-state index >= 15 is 0 Å². The van der Waals surface area contributed by atoms with Crippen LogP contribution in [0.15, 0.2) is 48.8 Å². The van der Waals surface area contributed by atoms with Crippen molar-refractivity contribution in [3.8, 4) is 0 Å². The molecule has 2 heterocycles. The Kier molecular flexibility index (Phi) is 6.79. The number of piperazine rings is 1. The standard InChI is InChI=1S/C20H23ClN4O2/c21-18-3-1-2-16(14-18)15-24-10-12-25(13-11-24)19(26)6-9-23-20(27)17-4-7-22-8-5-17/h1-5,7-8,14H,6,9-13,15H2,(H,23,27). The first-order valence-electron chi connectivity index (χ1n) is 9.04. The average Bonchev–Trinajstić information content (AvgIpc) is 2.69. The topological polar surface area (TPSA) is 65.5 Å². The molecule has 0 radical (unpaired) electrons. The van der Waals surface area contributed by atoms with E-state index in [2.05, 4.69) is 21.3 Å². The molecule has 1 aliphatic rings. The number of amides is 2. The fourth-order valence-corrected chi connectivity index (χ4v) is 3.31. The van der Waals surface area contributed by atoms with Crippen molar-refractivity contribution >= 4 is 23.4 Å². The van der Waals surface area contributed by atoms with Gasteiger partial charge in [0.2, 0.25) is 5.91 Å². The van der Waals surface area contributed by atoms with E-state index in [0.29, 0.717) is 31.6 Å². The Morgan fingerprint density at radius 2 is 1.81 bits per heavy atom. The molecule has 27 heavy (non-hydrogen) atoms. The number of rotatable bonds is 6. The van der Waals surface area contributed by atoms with Gasteiger partial charge in [-0.25, -0.2) is 0 Å². The van der Waals surface area contributed by atoms with Gasteiger partial charge in [0.05, 0.1) is 0 Å². The van der Waals surface area contributed by atoms with Gasteiger partial charge in [0.25, 0.3) is 5.91 Å². The maximum atomic E-state index is 12.4. The highest BCUT2D eigenvalue weighted by molar-refractivity contribution is 6.30. The summed E-state index contributed by atoms with van der Waals surface area (Å²) in [7, 11) is 0. The molecule has 2 aromatic rings. The Hall–Kier alpha value is -2.44. The zero-order valence-corrected chi connectivity index (χ0v) is 15.9.